The highest BCUT2D eigenvalue weighted by Gasteiger charge is 2.38. The fraction of sp³-hybridized carbons (Fsp3) is 0.235. The van der Waals surface area contributed by atoms with Crippen LogP contribution in [0, 0.1) is 5.82 Å². The molecule has 29 heavy (non-hydrogen) atoms. The van der Waals surface area contributed by atoms with Crippen LogP contribution in [0.15, 0.2) is 45.0 Å². The molecule has 0 aliphatic carbocycles. The van der Waals surface area contributed by atoms with Crippen LogP contribution < -0.4 is 4.74 Å². The standard InChI is InChI=1S/C17H13ClF4N4O2S/c1-2-29-16-25-24-15(17(20,21)22)26(16)23-8-11-4-5-12(28-11)9-27-14-6-3-10(19)7-13(14)18/h3-8H,2,9H2,1H3. The summed E-state index contributed by atoms with van der Waals surface area (Å²) in [6.07, 6.45) is -3.58. The Labute approximate surface area is 171 Å². The van der Waals surface area contributed by atoms with Crippen molar-refractivity contribution < 1.29 is 26.7 Å². The third-order valence-electron chi connectivity index (χ3n) is 3.39. The van der Waals surface area contributed by atoms with Crippen LogP contribution in [-0.4, -0.2) is 26.8 Å². The van der Waals surface area contributed by atoms with Gasteiger partial charge in [0.05, 0.1) is 11.2 Å². The van der Waals surface area contributed by atoms with Crippen molar-refractivity contribution in [2.45, 2.75) is 24.9 Å². The molecule has 2 aromatic heterocycles. The van der Waals surface area contributed by atoms with Gasteiger partial charge in [0.2, 0.25) is 5.16 Å². The molecule has 3 rings (SSSR count). The van der Waals surface area contributed by atoms with Gasteiger partial charge in [-0.15, -0.1) is 10.2 Å². The summed E-state index contributed by atoms with van der Waals surface area (Å²) in [7, 11) is 0. The van der Waals surface area contributed by atoms with Crippen molar-refractivity contribution in [3.05, 3.63) is 58.5 Å². The van der Waals surface area contributed by atoms with Crippen LogP contribution in [-0.2, 0) is 12.8 Å². The average Bonchev–Trinajstić information content (AvgIpc) is 3.26. The lowest BCUT2D eigenvalue weighted by molar-refractivity contribution is -0.147. The average molecular weight is 449 g/mol. The van der Waals surface area contributed by atoms with Gasteiger partial charge >= 0.3 is 6.18 Å². The third-order valence-corrected chi connectivity index (χ3v) is 4.48. The first-order valence-electron chi connectivity index (χ1n) is 8.14. The molecular weight excluding hydrogens is 436 g/mol. The first-order valence-corrected chi connectivity index (χ1v) is 9.50. The number of hydrogen-bond donors (Lipinski definition) is 0. The molecule has 12 heteroatoms. The lowest BCUT2D eigenvalue weighted by Crippen LogP contribution is -2.13. The van der Waals surface area contributed by atoms with Gasteiger partial charge in [-0.2, -0.15) is 22.9 Å². The maximum atomic E-state index is 13.1. The summed E-state index contributed by atoms with van der Waals surface area (Å²) in [6.45, 7) is 1.75. The molecule has 0 radical (unpaired) electrons. The van der Waals surface area contributed by atoms with Gasteiger partial charge in [0.1, 0.15) is 29.7 Å². The van der Waals surface area contributed by atoms with Crippen molar-refractivity contribution >= 4 is 29.6 Å². The predicted octanol–water partition coefficient (Wildman–Crippen LogP) is 5.26. The highest BCUT2D eigenvalue weighted by Crippen LogP contribution is 2.30. The van der Waals surface area contributed by atoms with Crippen LogP contribution in [0.5, 0.6) is 5.75 Å². The molecule has 3 aromatic rings. The maximum absolute atomic E-state index is 13.1. The normalized spacial score (nSPS) is 12.1. The van der Waals surface area contributed by atoms with E-state index in [-0.39, 0.29) is 28.3 Å². The second-order valence-electron chi connectivity index (χ2n) is 5.46. The summed E-state index contributed by atoms with van der Waals surface area (Å²) >= 11 is 6.95. The van der Waals surface area contributed by atoms with Crippen molar-refractivity contribution in [2.75, 3.05) is 5.75 Å². The van der Waals surface area contributed by atoms with E-state index in [0.717, 1.165) is 24.0 Å². The zero-order valence-electron chi connectivity index (χ0n) is 14.8. The van der Waals surface area contributed by atoms with E-state index in [9.17, 15) is 17.6 Å². The number of alkyl halides is 3. The number of aromatic nitrogens is 3. The minimum atomic E-state index is -4.70. The predicted molar refractivity (Wildman–Crippen MR) is 98.9 cm³/mol. The Bertz CT molecular complexity index is 1020. The van der Waals surface area contributed by atoms with Gasteiger partial charge in [0.25, 0.3) is 5.82 Å². The van der Waals surface area contributed by atoms with Gasteiger partial charge < -0.3 is 9.15 Å². The first-order chi connectivity index (χ1) is 13.8. The minimum absolute atomic E-state index is 0.0112. The Balaban J connectivity index is 1.73. The topological polar surface area (TPSA) is 65.4 Å². The Morgan fingerprint density at radius 1 is 1.28 bits per heavy atom. The second kappa shape index (κ2) is 8.87. The Kier molecular flexibility index (Phi) is 6.48. The van der Waals surface area contributed by atoms with Gasteiger partial charge in [0, 0.05) is 0 Å². The summed E-state index contributed by atoms with van der Waals surface area (Å²) in [5.41, 5.74) is 0. The van der Waals surface area contributed by atoms with Gasteiger partial charge in [0.15, 0.2) is 0 Å². The molecule has 6 nitrogen and oxygen atoms in total. The van der Waals surface area contributed by atoms with Crippen LogP contribution in [0.2, 0.25) is 5.02 Å². The summed E-state index contributed by atoms with van der Waals surface area (Å²) in [6, 6.07) is 6.77. The molecule has 0 unspecified atom stereocenters. The molecule has 0 spiro atoms. The van der Waals surface area contributed by atoms with E-state index in [4.69, 9.17) is 20.8 Å². The maximum Gasteiger partial charge on any atom is 0.453 e. The van der Waals surface area contributed by atoms with E-state index in [1.54, 1.807) is 13.0 Å². The molecule has 2 heterocycles. The van der Waals surface area contributed by atoms with Gasteiger partial charge in [-0.3, -0.25) is 0 Å². The Hall–Kier alpha value is -2.53. The van der Waals surface area contributed by atoms with E-state index in [0.29, 0.717) is 16.2 Å². The number of ether oxygens (including phenoxy) is 1. The number of thioether (sulfide) groups is 1. The lowest BCUT2D eigenvalue weighted by Gasteiger charge is -2.06. The van der Waals surface area contributed by atoms with Gasteiger partial charge in [-0.05, 0) is 36.1 Å². The summed E-state index contributed by atoms with van der Waals surface area (Å²) in [5.74, 6) is -0.393. The molecule has 0 N–H and O–H groups in total. The molecule has 0 saturated carbocycles. The largest absolute Gasteiger partial charge is 0.484 e. The molecule has 0 amide bonds. The molecular formula is C17H13ClF4N4O2S. The fourth-order valence-electron chi connectivity index (χ4n) is 2.16. The van der Waals surface area contributed by atoms with Crippen molar-refractivity contribution in [2.24, 2.45) is 5.10 Å². The molecule has 154 valence electrons. The van der Waals surface area contributed by atoms with Crippen LogP contribution in [0.4, 0.5) is 17.6 Å². The van der Waals surface area contributed by atoms with Gasteiger partial charge in [-0.1, -0.05) is 30.3 Å². The van der Waals surface area contributed by atoms with E-state index in [1.807, 2.05) is 0 Å². The lowest BCUT2D eigenvalue weighted by atomic mass is 10.3. The number of rotatable bonds is 7. The van der Waals surface area contributed by atoms with Crippen molar-refractivity contribution in [1.29, 1.82) is 0 Å². The number of hydrogen-bond acceptors (Lipinski definition) is 6. The smallest absolute Gasteiger partial charge is 0.453 e. The van der Waals surface area contributed by atoms with Crippen molar-refractivity contribution in [1.82, 2.24) is 14.9 Å². The van der Waals surface area contributed by atoms with Crippen LogP contribution in [0.1, 0.15) is 24.3 Å². The third kappa shape index (κ3) is 5.30. The van der Waals surface area contributed by atoms with Crippen molar-refractivity contribution in [3.8, 4) is 5.75 Å². The molecule has 0 aliphatic rings. The molecule has 0 bridgehead atoms. The van der Waals surface area contributed by atoms with Gasteiger partial charge in [-0.25, -0.2) is 4.39 Å². The highest BCUT2D eigenvalue weighted by molar-refractivity contribution is 7.99. The van der Waals surface area contributed by atoms with Crippen molar-refractivity contribution in [3.63, 3.8) is 0 Å². The summed E-state index contributed by atoms with van der Waals surface area (Å²) in [5, 5.41) is 10.6. The summed E-state index contributed by atoms with van der Waals surface area (Å²) < 4.78 is 63.8. The summed E-state index contributed by atoms with van der Waals surface area (Å²) in [4.78, 5) is 0. The SMILES string of the molecule is CCSc1nnc(C(F)(F)F)n1N=Cc1ccc(COc2ccc(F)cc2Cl)o1. The van der Waals surface area contributed by atoms with E-state index >= 15 is 0 Å². The van der Waals surface area contributed by atoms with Crippen LogP contribution in [0.3, 0.4) is 0 Å². The number of nitrogens with zero attached hydrogens (tertiary/aromatic N) is 4. The first kappa shape index (κ1) is 21.2. The minimum Gasteiger partial charge on any atom is -0.484 e. The number of furan rings is 1. The van der Waals surface area contributed by atoms with E-state index < -0.39 is 17.8 Å². The molecule has 0 saturated heterocycles. The molecule has 0 aliphatic heterocycles. The molecule has 0 atom stereocenters. The zero-order valence-corrected chi connectivity index (χ0v) is 16.4. The van der Waals surface area contributed by atoms with E-state index in [2.05, 4.69) is 15.3 Å². The number of halogens is 5. The van der Waals surface area contributed by atoms with Crippen LogP contribution in [0.25, 0.3) is 0 Å². The van der Waals surface area contributed by atoms with E-state index in [1.165, 1.54) is 18.2 Å². The number of benzene rings is 1. The zero-order chi connectivity index (χ0) is 21.0. The second-order valence-corrected chi connectivity index (χ2v) is 7.10. The molecule has 1 aromatic carbocycles. The quantitative estimate of drug-likeness (QED) is 0.280. The fourth-order valence-corrected chi connectivity index (χ4v) is 3.00. The highest BCUT2D eigenvalue weighted by atomic mass is 35.5. The van der Waals surface area contributed by atoms with Crippen LogP contribution >= 0.6 is 23.4 Å². The Morgan fingerprint density at radius 3 is 2.76 bits per heavy atom. The monoisotopic (exact) mass is 448 g/mol. The Morgan fingerprint density at radius 2 is 2.07 bits per heavy atom. The molecule has 0 fully saturated rings.